The van der Waals surface area contributed by atoms with E-state index in [0.717, 1.165) is 6.07 Å². The molecule has 148 valence electrons. The molecule has 3 aromatic rings. The monoisotopic (exact) mass is 403 g/mol. The van der Waals surface area contributed by atoms with Crippen LogP contribution in [0.2, 0.25) is 0 Å². The highest BCUT2D eigenvalue weighted by Gasteiger charge is 2.14. The van der Waals surface area contributed by atoms with Crippen LogP contribution in [0.15, 0.2) is 47.3 Å². The molecule has 1 N–H and O–H groups in total. The highest BCUT2D eigenvalue weighted by Crippen LogP contribution is 2.28. The van der Waals surface area contributed by atoms with Gasteiger partial charge in [0.1, 0.15) is 41.9 Å². The van der Waals surface area contributed by atoms with Crippen molar-refractivity contribution >= 4 is 5.82 Å². The van der Waals surface area contributed by atoms with Crippen molar-refractivity contribution in [3.05, 3.63) is 75.5 Å². The van der Waals surface area contributed by atoms with Crippen molar-refractivity contribution in [2.24, 2.45) is 0 Å². The third-order valence-corrected chi connectivity index (χ3v) is 4.47. The molecule has 0 unspecified atom stereocenters. The fraction of sp³-hybridized carbons (Fsp3) is 0.143. The first-order valence-corrected chi connectivity index (χ1v) is 8.96. The number of aromatic nitrogens is 2. The minimum absolute atomic E-state index is 0.0972. The quantitative estimate of drug-likeness (QED) is 0.697. The Kier molecular flexibility index (Phi) is 5.02. The lowest BCUT2D eigenvalue weighted by Crippen LogP contribution is -2.21. The maximum Gasteiger partial charge on any atom is 0.352 e. The molecule has 0 aliphatic carbocycles. The number of ether oxygens (including phenoxy) is 2. The summed E-state index contributed by atoms with van der Waals surface area (Å²) in [6.07, 6.45) is 0. The van der Waals surface area contributed by atoms with E-state index in [1.54, 1.807) is 30.3 Å². The SMILES string of the molecule is N#Cc1cc(Oc2ccc(COc3cc4n(c(=O)n3)CCN4)cc2C#N)ccc1F. The number of hydrogen-bond acceptors (Lipinski definition) is 7. The van der Waals surface area contributed by atoms with Crippen LogP contribution in [-0.2, 0) is 13.2 Å². The summed E-state index contributed by atoms with van der Waals surface area (Å²) >= 11 is 0. The highest BCUT2D eigenvalue weighted by atomic mass is 19.1. The van der Waals surface area contributed by atoms with Gasteiger partial charge in [-0.05, 0) is 29.8 Å². The normalized spacial score (nSPS) is 11.7. The molecule has 0 fully saturated rings. The van der Waals surface area contributed by atoms with E-state index >= 15 is 0 Å². The van der Waals surface area contributed by atoms with Gasteiger partial charge in [-0.15, -0.1) is 0 Å². The van der Waals surface area contributed by atoms with E-state index in [0.29, 0.717) is 24.5 Å². The molecule has 0 bridgehead atoms. The van der Waals surface area contributed by atoms with Crippen LogP contribution in [0.25, 0.3) is 0 Å². The zero-order valence-corrected chi connectivity index (χ0v) is 15.6. The molecule has 1 aromatic heterocycles. The summed E-state index contributed by atoms with van der Waals surface area (Å²) in [6.45, 7) is 1.33. The van der Waals surface area contributed by atoms with Gasteiger partial charge in [0.05, 0.1) is 11.1 Å². The molecule has 30 heavy (non-hydrogen) atoms. The first-order valence-electron chi connectivity index (χ1n) is 8.96. The molecule has 4 rings (SSSR count). The van der Waals surface area contributed by atoms with E-state index in [1.807, 2.05) is 6.07 Å². The van der Waals surface area contributed by atoms with Gasteiger partial charge in [0, 0.05) is 25.2 Å². The van der Waals surface area contributed by atoms with E-state index < -0.39 is 5.82 Å². The topological polar surface area (TPSA) is 113 Å². The summed E-state index contributed by atoms with van der Waals surface area (Å²) < 4.78 is 26.2. The van der Waals surface area contributed by atoms with Gasteiger partial charge in [-0.25, -0.2) is 9.18 Å². The Labute approximate surface area is 170 Å². The van der Waals surface area contributed by atoms with Gasteiger partial charge >= 0.3 is 5.69 Å². The van der Waals surface area contributed by atoms with Crippen molar-refractivity contribution in [2.75, 3.05) is 11.9 Å². The Morgan fingerprint density at radius 3 is 2.77 bits per heavy atom. The Bertz CT molecular complexity index is 1270. The summed E-state index contributed by atoms with van der Waals surface area (Å²) in [5.41, 5.74) is 0.377. The van der Waals surface area contributed by atoms with Crippen LogP contribution in [0.1, 0.15) is 16.7 Å². The largest absolute Gasteiger partial charge is 0.473 e. The number of hydrogen-bond donors (Lipinski definition) is 1. The smallest absolute Gasteiger partial charge is 0.352 e. The molecule has 2 heterocycles. The minimum Gasteiger partial charge on any atom is -0.473 e. The fourth-order valence-electron chi connectivity index (χ4n) is 3.00. The van der Waals surface area contributed by atoms with E-state index in [2.05, 4.69) is 10.3 Å². The Morgan fingerprint density at radius 1 is 1.13 bits per heavy atom. The first-order chi connectivity index (χ1) is 14.6. The van der Waals surface area contributed by atoms with Crippen molar-refractivity contribution in [3.63, 3.8) is 0 Å². The van der Waals surface area contributed by atoms with Gasteiger partial charge in [0.15, 0.2) is 0 Å². The maximum atomic E-state index is 13.5. The summed E-state index contributed by atoms with van der Waals surface area (Å²) in [7, 11) is 0. The molecule has 0 amide bonds. The molecule has 9 heteroatoms. The molecule has 0 saturated carbocycles. The fourth-order valence-corrected chi connectivity index (χ4v) is 3.00. The molecule has 2 aromatic carbocycles. The minimum atomic E-state index is -0.646. The van der Waals surface area contributed by atoms with Gasteiger partial charge < -0.3 is 14.8 Å². The van der Waals surface area contributed by atoms with Crippen molar-refractivity contribution in [3.8, 4) is 29.5 Å². The molecule has 0 spiro atoms. The third-order valence-electron chi connectivity index (χ3n) is 4.47. The summed E-state index contributed by atoms with van der Waals surface area (Å²) in [5.74, 6) is 0.698. The van der Waals surface area contributed by atoms with Crippen molar-refractivity contribution in [1.29, 1.82) is 10.5 Å². The van der Waals surface area contributed by atoms with E-state index in [4.69, 9.17) is 14.7 Å². The molecule has 1 aliphatic rings. The maximum absolute atomic E-state index is 13.5. The average molecular weight is 403 g/mol. The zero-order valence-electron chi connectivity index (χ0n) is 15.6. The second kappa shape index (κ2) is 7.94. The number of nitrogens with one attached hydrogen (secondary N) is 1. The predicted molar refractivity (Wildman–Crippen MR) is 104 cm³/mol. The van der Waals surface area contributed by atoms with Gasteiger partial charge in [-0.3, -0.25) is 4.57 Å². The van der Waals surface area contributed by atoms with E-state index in [1.165, 1.54) is 16.7 Å². The molecule has 0 atom stereocenters. The zero-order chi connectivity index (χ0) is 21.1. The molecule has 0 saturated heterocycles. The first kappa shape index (κ1) is 19.0. The van der Waals surface area contributed by atoms with Crippen LogP contribution in [0.4, 0.5) is 10.2 Å². The van der Waals surface area contributed by atoms with Crippen molar-refractivity contribution < 1.29 is 13.9 Å². The van der Waals surface area contributed by atoms with Crippen molar-refractivity contribution in [1.82, 2.24) is 9.55 Å². The second-order valence-corrected chi connectivity index (χ2v) is 6.43. The number of nitriles is 2. The van der Waals surface area contributed by atoms with Crippen LogP contribution in [0, 0.1) is 28.5 Å². The molecular weight excluding hydrogens is 389 g/mol. The Balaban J connectivity index is 1.50. The average Bonchev–Trinajstić information content (AvgIpc) is 3.23. The Hall–Kier alpha value is -4.37. The van der Waals surface area contributed by atoms with Gasteiger partial charge in [0.2, 0.25) is 5.88 Å². The number of fused-ring (bicyclic) bond motifs is 1. The standard InChI is InChI=1S/C21H14FN5O3/c22-17-3-2-16(8-14(17)10-23)30-18-4-1-13(7-15(18)11-24)12-29-20-9-19-25-5-6-27(19)21(28)26-20/h1-4,7-9,25H,5-6,12H2. The third kappa shape index (κ3) is 3.77. The second-order valence-electron chi connectivity index (χ2n) is 6.43. The highest BCUT2D eigenvalue weighted by molar-refractivity contribution is 5.48. The van der Waals surface area contributed by atoms with Crippen LogP contribution >= 0.6 is 0 Å². The Morgan fingerprint density at radius 2 is 1.97 bits per heavy atom. The van der Waals surface area contributed by atoms with Gasteiger partial charge in [-0.2, -0.15) is 15.5 Å². The molecule has 0 radical (unpaired) electrons. The number of benzene rings is 2. The van der Waals surface area contributed by atoms with Crippen LogP contribution < -0.4 is 20.5 Å². The van der Waals surface area contributed by atoms with Crippen molar-refractivity contribution in [2.45, 2.75) is 13.2 Å². The number of halogens is 1. The lowest BCUT2D eigenvalue weighted by Gasteiger charge is -2.11. The van der Waals surface area contributed by atoms with Crippen LogP contribution in [0.3, 0.4) is 0 Å². The lowest BCUT2D eigenvalue weighted by molar-refractivity contribution is 0.291. The number of anilines is 1. The van der Waals surface area contributed by atoms with Crippen LogP contribution in [-0.4, -0.2) is 16.1 Å². The summed E-state index contributed by atoms with van der Waals surface area (Å²) in [6, 6.07) is 14.1. The van der Waals surface area contributed by atoms with Crippen LogP contribution in [0.5, 0.6) is 17.4 Å². The van der Waals surface area contributed by atoms with Gasteiger partial charge in [0.25, 0.3) is 0 Å². The molecular formula is C21H14FN5O3. The summed E-state index contributed by atoms with van der Waals surface area (Å²) in [4.78, 5) is 15.9. The van der Waals surface area contributed by atoms with E-state index in [9.17, 15) is 14.4 Å². The number of rotatable bonds is 5. The van der Waals surface area contributed by atoms with E-state index in [-0.39, 0.29) is 40.8 Å². The molecule has 8 nitrogen and oxygen atoms in total. The summed E-state index contributed by atoms with van der Waals surface area (Å²) in [5, 5.41) is 21.5. The molecule has 1 aliphatic heterocycles. The van der Waals surface area contributed by atoms with Gasteiger partial charge in [-0.1, -0.05) is 6.07 Å². The lowest BCUT2D eigenvalue weighted by atomic mass is 10.1. The predicted octanol–water partition coefficient (Wildman–Crippen LogP) is 2.92. The number of nitrogens with zero attached hydrogens (tertiary/aromatic N) is 4.